The normalized spacial score (nSPS) is 12.6. The van der Waals surface area contributed by atoms with Gasteiger partial charge in [0.1, 0.15) is 5.92 Å². The molecule has 8 heavy (non-hydrogen) atoms. The Balaban J connectivity index is 3.83. The van der Waals surface area contributed by atoms with E-state index < -0.39 is 17.8 Å². The maximum Gasteiger partial charge on any atom is 0.316 e. The smallest absolute Gasteiger partial charge is 0.316 e. The van der Waals surface area contributed by atoms with Gasteiger partial charge in [-0.3, -0.25) is 9.59 Å². The van der Waals surface area contributed by atoms with E-state index in [1.807, 2.05) is 0 Å². The van der Waals surface area contributed by atoms with E-state index in [1.54, 1.807) is 0 Å². The lowest BCUT2D eigenvalue weighted by molar-refractivity contribution is -0.144. The summed E-state index contributed by atoms with van der Waals surface area (Å²) >= 11 is 0. The molecule has 1 atom stereocenters. The fraction of sp³-hybridized carbons (Fsp3) is 0.250. The number of amides is 1. The highest BCUT2D eigenvalue weighted by Crippen LogP contribution is 1.88. The van der Waals surface area contributed by atoms with Gasteiger partial charge in [-0.25, -0.2) is 0 Å². The number of carboxylic acid groups (broad SMARTS) is 1. The summed E-state index contributed by atoms with van der Waals surface area (Å²) in [4.78, 5) is 19.7. The van der Waals surface area contributed by atoms with Crippen LogP contribution in [0.4, 0.5) is 0 Å². The SMILES string of the molecule is [CH2][C@@H](C(N)=O)C(=O)O. The summed E-state index contributed by atoms with van der Waals surface area (Å²) in [5.41, 5.74) is 4.55. The number of hydrogen-bond acceptors (Lipinski definition) is 2. The molecule has 0 aromatic heterocycles. The predicted molar refractivity (Wildman–Crippen MR) is 25.7 cm³/mol. The Hall–Kier alpha value is -1.06. The lowest BCUT2D eigenvalue weighted by Gasteiger charge is -1.95. The van der Waals surface area contributed by atoms with E-state index in [2.05, 4.69) is 12.7 Å². The number of carbonyl (C=O) groups is 2. The van der Waals surface area contributed by atoms with Gasteiger partial charge in [0.25, 0.3) is 0 Å². The van der Waals surface area contributed by atoms with E-state index in [4.69, 9.17) is 5.11 Å². The van der Waals surface area contributed by atoms with E-state index in [1.165, 1.54) is 0 Å². The van der Waals surface area contributed by atoms with Crippen LogP contribution in [0.1, 0.15) is 0 Å². The standard InChI is InChI=1S/C4H6NO3/c1-2(3(5)6)4(7)8/h2H,1H2,(H2,5,6)(H,7,8)/t2-/m0/s1. The minimum Gasteiger partial charge on any atom is -0.481 e. The van der Waals surface area contributed by atoms with Gasteiger partial charge in [0, 0.05) is 0 Å². The van der Waals surface area contributed by atoms with Gasteiger partial charge in [-0.05, 0) is 6.92 Å². The first-order valence-electron chi connectivity index (χ1n) is 1.91. The first-order valence-corrected chi connectivity index (χ1v) is 1.91. The number of nitrogens with two attached hydrogens (primary N) is 1. The predicted octanol–water partition coefficient (Wildman–Crippen LogP) is -0.993. The maximum atomic E-state index is 9.92. The molecule has 0 aliphatic heterocycles. The van der Waals surface area contributed by atoms with E-state index in [0.29, 0.717) is 0 Å². The number of aliphatic carboxylic acids is 1. The average molecular weight is 116 g/mol. The summed E-state index contributed by atoms with van der Waals surface area (Å²) in [5, 5.41) is 7.99. The Labute approximate surface area is 46.3 Å². The molecule has 0 aromatic carbocycles. The molecular weight excluding hydrogens is 110 g/mol. The van der Waals surface area contributed by atoms with Gasteiger partial charge in [0.05, 0.1) is 0 Å². The van der Waals surface area contributed by atoms with Gasteiger partial charge >= 0.3 is 5.97 Å². The second-order valence-corrected chi connectivity index (χ2v) is 1.29. The average Bonchev–Trinajstić information content (AvgIpc) is 1.64. The molecule has 0 unspecified atom stereocenters. The van der Waals surface area contributed by atoms with Crippen LogP contribution in [0.25, 0.3) is 0 Å². The van der Waals surface area contributed by atoms with Crippen LogP contribution in [-0.2, 0) is 9.59 Å². The van der Waals surface area contributed by atoms with E-state index >= 15 is 0 Å². The number of rotatable bonds is 2. The molecular formula is C4H6NO3. The highest BCUT2D eigenvalue weighted by Gasteiger charge is 2.16. The van der Waals surface area contributed by atoms with Crippen molar-refractivity contribution in [1.82, 2.24) is 0 Å². The van der Waals surface area contributed by atoms with Crippen LogP contribution in [0.5, 0.6) is 0 Å². The van der Waals surface area contributed by atoms with Gasteiger partial charge in [-0.2, -0.15) is 0 Å². The summed E-state index contributed by atoms with van der Waals surface area (Å²) in [6, 6.07) is 0. The largest absolute Gasteiger partial charge is 0.481 e. The fourth-order valence-corrected chi connectivity index (χ4v) is 0.122. The molecule has 0 fully saturated rings. The summed E-state index contributed by atoms with van der Waals surface area (Å²) in [6.07, 6.45) is 0. The first kappa shape index (κ1) is 6.94. The minimum absolute atomic E-state index is 0.919. The van der Waals surface area contributed by atoms with Crippen LogP contribution in [0.2, 0.25) is 0 Å². The van der Waals surface area contributed by atoms with Gasteiger partial charge in [0.15, 0.2) is 0 Å². The van der Waals surface area contributed by atoms with Crippen LogP contribution in [0.3, 0.4) is 0 Å². The molecule has 1 amide bonds. The molecule has 3 N–H and O–H groups in total. The molecule has 0 aromatic rings. The third kappa shape index (κ3) is 1.59. The number of primary amides is 1. The Kier molecular flexibility index (Phi) is 1.99. The first-order chi connectivity index (χ1) is 3.55. The highest BCUT2D eigenvalue weighted by atomic mass is 16.4. The molecule has 0 saturated heterocycles. The number of carbonyl (C=O) groups excluding carboxylic acids is 1. The minimum atomic E-state index is -1.32. The zero-order valence-corrected chi connectivity index (χ0v) is 4.13. The molecule has 0 heterocycles. The van der Waals surface area contributed by atoms with Gasteiger partial charge in [0.2, 0.25) is 5.91 Å². The Morgan fingerprint density at radius 3 is 2.00 bits per heavy atom. The highest BCUT2D eigenvalue weighted by molar-refractivity contribution is 5.96. The Morgan fingerprint density at radius 2 is 2.00 bits per heavy atom. The van der Waals surface area contributed by atoms with Crippen molar-refractivity contribution < 1.29 is 14.7 Å². The van der Waals surface area contributed by atoms with Gasteiger partial charge in [-0.1, -0.05) is 0 Å². The van der Waals surface area contributed by atoms with Crippen molar-refractivity contribution in [2.45, 2.75) is 0 Å². The third-order valence-corrected chi connectivity index (χ3v) is 0.642. The summed E-state index contributed by atoms with van der Waals surface area (Å²) in [7, 11) is 0. The van der Waals surface area contributed by atoms with Crippen LogP contribution < -0.4 is 5.73 Å². The lowest BCUT2D eigenvalue weighted by Crippen LogP contribution is -2.27. The Morgan fingerprint density at radius 1 is 1.62 bits per heavy atom. The van der Waals surface area contributed by atoms with Crippen molar-refractivity contribution in [3.63, 3.8) is 0 Å². The zero-order valence-electron chi connectivity index (χ0n) is 4.13. The second kappa shape index (κ2) is 2.30. The topological polar surface area (TPSA) is 80.4 Å². The van der Waals surface area contributed by atoms with Crippen molar-refractivity contribution in [2.24, 2.45) is 11.7 Å². The molecule has 45 valence electrons. The van der Waals surface area contributed by atoms with E-state index in [9.17, 15) is 9.59 Å². The van der Waals surface area contributed by atoms with Crippen molar-refractivity contribution in [3.05, 3.63) is 6.92 Å². The Bertz CT molecular complexity index is 106. The quantitative estimate of drug-likeness (QED) is 0.454. The van der Waals surface area contributed by atoms with Crippen molar-refractivity contribution in [3.8, 4) is 0 Å². The third-order valence-electron chi connectivity index (χ3n) is 0.642. The summed E-state index contributed by atoms with van der Waals surface area (Å²) < 4.78 is 0. The van der Waals surface area contributed by atoms with Crippen LogP contribution in [-0.4, -0.2) is 17.0 Å². The monoisotopic (exact) mass is 116 g/mol. The molecule has 0 bridgehead atoms. The van der Waals surface area contributed by atoms with Crippen LogP contribution in [0.15, 0.2) is 0 Å². The maximum absolute atomic E-state index is 9.92. The second-order valence-electron chi connectivity index (χ2n) is 1.29. The molecule has 4 nitrogen and oxygen atoms in total. The molecule has 0 saturated carbocycles. The van der Waals surface area contributed by atoms with Crippen molar-refractivity contribution >= 4 is 11.9 Å². The lowest BCUT2D eigenvalue weighted by atomic mass is 10.2. The molecule has 4 heteroatoms. The molecule has 1 radical (unpaired) electrons. The van der Waals surface area contributed by atoms with E-state index in [0.717, 1.165) is 0 Å². The van der Waals surface area contributed by atoms with Crippen LogP contribution >= 0.6 is 0 Å². The number of hydrogen-bond donors (Lipinski definition) is 2. The van der Waals surface area contributed by atoms with Crippen molar-refractivity contribution in [2.75, 3.05) is 0 Å². The van der Waals surface area contributed by atoms with Gasteiger partial charge < -0.3 is 10.8 Å². The summed E-state index contributed by atoms with van der Waals surface area (Å²) in [5.74, 6) is -3.54. The van der Waals surface area contributed by atoms with Crippen LogP contribution in [0, 0.1) is 12.8 Å². The zero-order chi connectivity index (χ0) is 6.73. The van der Waals surface area contributed by atoms with Crippen molar-refractivity contribution in [1.29, 1.82) is 0 Å². The molecule has 0 aliphatic rings. The fourth-order valence-electron chi connectivity index (χ4n) is 0.122. The molecule has 0 aliphatic carbocycles. The van der Waals surface area contributed by atoms with Gasteiger partial charge in [-0.15, -0.1) is 0 Å². The molecule has 0 rings (SSSR count). The number of carboxylic acids is 1. The summed E-state index contributed by atoms with van der Waals surface area (Å²) in [6.45, 7) is 2.96. The van der Waals surface area contributed by atoms with E-state index in [-0.39, 0.29) is 0 Å². The molecule has 0 spiro atoms.